The van der Waals surface area contributed by atoms with Gasteiger partial charge >= 0.3 is 0 Å². The Morgan fingerprint density at radius 1 is 1.15 bits per heavy atom. The number of nitrogens with zero attached hydrogens (tertiary/aromatic N) is 2. The topological polar surface area (TPSA) is 76.0 Å². The fourth-order valence-electron chi connectivity index (χ4n) is 3.69. The van der Waals surface area contributed by atoms with E-state index in [0.717, 1.165) is 50.8 Å². The van der Waals surface area contributed by atoms with Crippen molar-refractivity contribution >= 4 is 11.8 Å². The van der Waals surface area contributed by atoms with Crippen molar-refractivity contribution in [3.63, 3.8) is 0 Å². The van der Waals surface area contributed by atoms with Gasteiger partial charge in [0.2, 0.25) is 0 Å². The van der Waals surface area contributed by atoms with Crippen LogP contribution in [0.3, 0.4) is 0 Å². The lowest BCUT2D eigenvalue weighted by Crippen LogP contribution is -2.28. The summed E-state index contributed by atoms with van der Waals surface area (Å²) >= 11 is 0. The molecule has 0 aromatic carbocycles. The number of amides is 2. The molecule has 0 radical (unpaired) electrons. The second-order valence-electron chi connectivity index (χ2n) is 6.95. The lowest BCUT2D eigenvalue weighted by molar-refractivity contribution is 0.0942. The fourth-order valence-corrected chi connectivity index (χ4v) is 3.69. The third-order valence-corrected chi connectivity index (χ3v) is 5.06. The van der Waals surface area contributed by atoms with Gasteiger partial charge in [-0.25, -0.2) is 4.98 Å². The number of hydrogen-bond acceptors (Lipinski definition) is 3. The van der Waals surface area contributed by atoms with E-state index < -0.39 is 0 Å². The minimum absolute atomic E-state index is 0.171. The second-order valence-corrected chi connectivity index (χ2v) is 6.95. The van der Waals surface area contributed by atoms with Gasteiger partial charge < -0.3 is 15.2 Å². The molecule has 0 atom stereocenters. The van der Waals surface area contributed by atoms with Crippen molar-refractivity contribution < 1.29 is 9.59 Å². The number of carbonyl (C=O) groups excluding carboxylic acids is 2. The van der Waals surface area contributed by atoms with Crippen LogP contribution in [-0.2, 0) is 13.0 Å². The zero-order chi connectivity index (χ0) is 18.4. The van der Waals surface area contributed by atoms with Gasteiger partial charge in [-0.1, -0.05) is 17.7 Å². The number of rotatable bonds is 7. The molecule has 26 heavy (non-hydrogen) atoms. The molecule has 2 aliphatic rings. The van der Waals surface area contributed by atoms with Gasteiger partial charge in [-0.15, -0.1) is 6.58 Å². The Morgan fingerprint density at radius 3 is 2.77 bits per heavy atom. The maximum Gasteiger partial charge on any atom is 0.287 e. The highest BCUT2D eigenvalue weighted by molar-refractivity contribution is 5.97. The predicted octanol–water partition coefficient (Wildman–Crippen LogP) is 2.76. The summed E-state index contributed by atoms with van der Waals surface area (Å²) in [7, 11) is 0. The molecule has 1 aliphatic heterocycles. The Morgan fingerprint density at radius 2 is 2.00 bits per heavy atom. The molecule has 0 bridgehead atoms. The van der Waals surface area contributed by atoms with Crippen LogP contribution in [-0.4, -0.2) is 34.5 Å². The van der Waals surface area contributed by atoms with Crippen LogP contribution in [0.4, 0.5) is 0 Å². The SMILES string of the molecule is C=CCNC(=O)c1nc(C(=O)NCCC2=CCCCC2)c2n1CCCC2. The second kappa shape index (κ2) is 8.83. The van der Waals surface area contributed by atoms with Crippen molar-refractivity contribution in [1.29, 1.82) is 0 Å². The Labute approximate surface area is 154 Å². The van der Waals surface area contributed by atoms with Crippen LogP contribution in [0.1, 0.15) is 71.7 Å². The molecule has 3 rings (SSSR count). The van der Waals surface area contributed by atoms with E-state index in [0.29, 0.717) is 24.6 Å². The van der Waals surface area contributed by atoms with Crippen LogP contribution in [0.15, 0.2) is 24.3 Å². The Hall–Kier alpha value is -2.37. The molecule has 140 valence electrons. The van der Waals surface area contributed by atoms with Gasteiger partial charge in [-0.2, -0.15) is 0 Å². The van der Waals surface area contributed by atoms with E-state index in [-0.39, 0.29) is 11.8 Å². The molecule has 0 fully saturated rings. The number of carbonyl (C=O) groups is 2. The first-order valence-electron chi connectivity index (χ1n) is 9.65. The van der Waals surface area contributed by atoms with E-state index in [2.05, 4.69) is 28.3 Å². The van der Waals surface area contributed by atoms with Gasteiger partial charge in [0.05, 0.1) is 5.69 Å². The largest absolute Gasteiger partial charge is 0.350 e. The predicted molar refractivity (Wildman–Crippen MR) is 101 cm³/mol. The first kappa shape index (κ1) is 18.4. The van der Waals surface area contributed by atoms with Crippen LogP contribution in [0.2, 0.25) is 0 Å². The number of imidazole rings is 1. The summed E-state index contributed by atoms with van der Waals surface area (Å²) in [6, 6.07) is 0. The number of fused-ring (bicyclic) bond motifs is 1. The molecule has 0 unspecified atom stereocenters. The lowest BCUT2D eigenvalue weighted by Gasteiger charge is -2.17. The van der Waals surface area contributed by atoms with Crippen LogP contribution in [0.25, 0.3) is 0 Å². The van der Waals surface area contributed by atoms with Crippen molar-refractivity contribution in [2.45, 2.75) is 57.9 Å². The van der Waals surface area contributed by atoms with Crippen LogP contribution >= 0.6 is 0 Å². The fraction of sp³-hybridized carbons (Fsp3) is 0.550. The molecule has 2 N–H and O–H groups in total. The zero-order valence-corrected chi connectivity index (χ0v) is 15.4. The Kier molecular flexibility index (Phi) is 6.26. The Balaban J connectivity index is 1.68. The quantitative estimate of drug-likeness (QED) is 0.738. The van der Waals surface area contributed by atoms with Gasteiger partial charge in [-0.05, 0) is 51.4 Å². The van der Waals surface area contributed by atoms with Crippen molar-refractivity contribution in [2.75, 3.05) is 13.1 Å². The number of allylic oxidation sites excluding steroid dienone is 1. The lowest BCUT2D eigenvalue weighted by atomic mass is 9.97. The summed E-state index contributed by atoms with van der Waals surface area (Å²) in [5, 5.41) is 5.75. The summed E-state index contributed by atoms with van der Waals surface area (Å²) in [5.74, 6) is -0.0871. The van der Waals surface area contributed by atoms with Gasteiger partial charge in [0, 0.05) is 19.6 Å². The molecular weight excluding hydrogens is 328 g/mol. The number of nitrogens with one attached hydrogen (secondary N) is 2. The van der Waals surface area contributed by atoms with Gasteiger partial charge in [-0.3, -0.25) is 9.59 Å². The van der Waals surface area contributed by atoms with E-state index in [1.807, 2.05) is 4.57 Å². The van der Waals surface area contributed by atoms with E-state index in [9.17, 15) is 9.59 Å². The van der Waals surface area contributed by atoms with E-state index >= 15 is 0 Å². The molecule has 0 saturated carbocycles. The molecular formula is C20H28N4O2. The molecule has 1 aromatic heterocycles. The molecule has 6 nitrogen and oxygen atoms in total. The van der Waals surface area contributed by atoms with Gasteiger partial charge in [0.15, 0.2) is 5.82 Å². The van der Waals surface area contributed by atoms with Gasteiger partial charge in [0.25, 0.3) is 11.8 Å². The molecule has 2 heterocycles. The molecule has 6 heteroatoms. The van der Waals surface area contributed by atoms with Crippen LogP contribution in [0.5, 0.6) is 0 Å². The van der Waals surface area contributed by atoms with Crippen molar-refractivity contribution in [3.8, 4) is 0 Å². The third-order valence-electron chi connectivity index (χ3n) is 5.06. The van der Waals surface area contributed by atoms with E-state index in [1.165, 1.54) is 18.4 Å². The van der Waals surface area contributed by atoms with Crippen molar-refractivity contribution in [3.05, 3.63) is 41.5 Å². The summed E-state index contributed by atoms with van der Waals surface area (Å²) < 4.78 is 1.90. The Bertz CT molecular complexity index is 718. The first-order valence-corrected chi connectivity index (χ1v) is 9.65. The standard InChI is InChI=1S/C20H28N4O2/c1-2-12-21-20(26)18-23-17(16-10-6-7-14-24(16)18)19(25)22-13-11-15-8-4-3-5-9-15/h2,8H,1,3-7,9-14H2,(H,21,26)(H,22,25). The third kappa shape index (κ3) is 4.23. The normalized spacial score (nSPS) is 16.4. The van der Waals surface area contributed by atoms with E-state index in [1.54, 1.807) is 6.08 Å². The van der Waals surface area contributed by atoms with Crippen molar-refractivity contribution in [1.82, 2.24) is 20.2 Å². The van der Waals surface area contributed by atoms with Crippen molar-refractivity contribution in [2.24, 2.45) is 0 Å². The maximum atomic E-state index is 12.7. The molecule has 0 saturated heterocycles. The van der Waals surface area contributed by atoms with Crippen LogP contribution < -0.4 is 10.6 Å². The van der Waals surface area contributed by atoms with Crippen LogP contribution in [0, 0.1) is 0 Å². The molecule has 0 spiro atoms. The number of hydrogen-bond donors (Lipinski definition) is 2. The van der Waals surface area contributed by atoms with E-state index in [4.69, 9.17) is 0 Å². The summed E-state index contributed by atoms with van der Waals surface area (Å²) in [6.07, 6.45) is 12.5. The average Bonchev–Trinajstić information content (AvgIpc) is 3.07. The average molecular weight is 356 g/mol. The zero-order valence-electron chi connectivity index (χ0n) is 15.4. The minimum atomic E-state index is -0.250. The first-order chi connectivity index (χ1) is 12.7. The summed E-state index contributed by atoms with van der Waals surface area (Å²) in [5.41, 5.74) is 2.73. The highest BCUT2D eigenvalue weighted by Crippen LogP contribution is 2.22. The minimum Gasteiger partial charge on any atom is -0.350 e. The smallest absolute Gasteiger partial charge is 0.287 e. The number of aromatic nitrogens is 2. The molecule has 1 aliphatic carbocycles. The highest BCUT2D eigenvalue weighted by atomic mass is 16.2. The monoisotopic (exact) mass is 356 g/mol. The molecule has 1 aromatic rings. The summed E-state index contributed by atoms with van der Waals surface area (Å²) in [6.45, 7) is 5.35. The molecule has 2 amide bonds. The summed E-state index contributed by atoms with van der Waals surface area (Å²) in [4.78, 5) is 29.4. The van der Waals surface area contributed by atoms with Gasteiger partial charge in [0.1, 0.15) is 5.69 Å². The highest BCUT2D eigenvalue weighted by Gasteiger charge is 2.27. The maximum absolute atomic E-state index is 12.7.